The van der Waals surface area contributed by atoms with Gasteiger partial charge in [-0.2, -0.15) is 0 Å². The van der Waals surface area contributed by atoms with E-state index in [4.69, 9.17) is 4.74 Å². The Morgan fingerprint density at radius 2 is 2.04 bits per heavy atom. The van der Waals surface area contributed by atoms with Crippen LogP contribution in [0.5, 0.6) is 0 Å². The van der Waals surface area contributed by atoms with Gasteiger partial charge in [0.25, 0.3) is 0 Å². The van der Waals surface area contributed by atoms with Gasteiger partial charge in [0, 0.05) is 30.7 Å². The molecule has 1 heterocycles. The number of ether oxygens (including phenoxy) is 1. The summed E-state index contributed by atoms with van der Waals surface area (Å²) in [7, 11) is 0. The molecule has 1 aliphatic heterocycles. The molecule has 1 saturated heterocycles. The predicted molar refractivity (Wildman–Crippen MR) is 109 cm³/mol. The molecule has 2 aromatic carbocycles. The summed E-state index contributed by atoms with van der Waals surface area (Å²) in [6.45, 7) is 5.60. The van der Waals surface area contributed by atoms with Gasteiger partial charge in [0.1, 0.15) is 5.82 Å². The fourth-order valence-electron chi connectivity index (χ4n) is 3.21. The Balaban J connectivity index is 1.66. The van der Waals surface area contributed by atoms with Crippen LogP contribution in [0.2, 0.25) is 0 Å². The molecular weight excluding hydrogens is 393 g/mol. The lowest BCUT2D eigenvalue weighted by Gasteiger charge is -2.24. The van der Waals surface area contributed by atoms with E-state index in [-0.39, 0.29) is 5.82 Å². The van der Waals surface area contributed by atoms with Crippen molar-refractivity contribution in [3.05, 3.63) is 75.5 Å². The minimum Gasteiger partial charge on any atom is -0.377 e. The van der Waals surface area contributed by atoms with Gasteiger partial charge in [-0.1, -0.05) is 52.3 Å². The molecule has 0 N–H and O–H groups in total. The van der Waals surface area contributed by atoms with Crippen molar-refractivity contribution in [2.75, 3.05) is 19.7 Å². The van der Waals surface area contributed by atoms with Gasteiger partial charge in [-0.15, -0.1) is 0 Å². The third kappa shape index (κ3) is 5.76. The maximum Gasteiger partial charge on any atom is 0.123 e. The molecule has 1 aliphatic rings. The zero-order valence-electron chi connectivity index (χ0n) is 15.1. The molecule has 0 spiro atoms. The zero-order valence-corrected chi connectivity index (χ0v) is 16.7. The van der Waals surface area contributed by atoms with Gasteiger partial charge < -0.3 is 4.74 Å². The fraction of sp³-hybridized carbons (Fsp3) is 0.364. The molecule has 138 valence electrons. The first kappa shape index (κ1) is 19.3. The summed E-state index contributed by atoms with van der Waals surface area (Å²) < 4.78 is 20.0. The third-order valence-electron chi connectivity index (χ3n) is 4.63. The summed E-state index contributed by atoms with van der Waals surface area (Å²) in [5.74, 6) is -0.202. The Morgan fingerprint density at radius 1 is 1.23 bits per heavy atom. The van der Waals surface area contributed by atoms with Crippen molar-refractivity contribution in [3.63, 3.8) is 0 Å². The van der Waals surface area contributed by atoms with E-state index in [2.05, 4.69) is 52.0 Å². The topological polar surface area (TPSA) is 12.5 Å². The molecule has 1 atom stereocenters. The number of nitrogens with zero attached hydrogens (tertiary/aromatic N) is 1. The summed E-state index contributed by atoms with van der Waals surface area (Å²) in [4.78, 5) is 2.41. The standard InChI is InChI=1S/C22H25BrFNO/c1-17-6-9-19(22(23)14-17)15-25(16-21-5-3-13-26-21)12-2-4-18-7-10-20(24)11-8-18/h2,4,6-11,14,21H,3,5,12-13,15-16H2,1H3/b4-2+. The molecule has 0 amide bonds. The normalized spacial score (nSPS) is 17.5. The van der Waals surface area contributed by atoms with Gasteiger partial charge in [0.15, 0.2) is 0 Å². The summed E-state index contributed by atoms with van der Waals surface area (Å²) >= 11 is 3.69. The van der Waals surface area contributed by atoms with Crippen LogP contribution in [0.25, 0.3) is 6.08 Å². The van der Waals surface area contributed by atoms with E-state index in [9.17, 15) is 4.39 Å². The molecule has 0 aromatic heterocycles. The number of hydrogen-bond acceptors (Lipinski definition) is 2. The Labute approximate surface area is 163 Å². The van der Waals surface area contributed by atoms with Crippen LogP contribution in [0.4, 0.5) is 4.39 Å². The molecule has 1 unspecified atom stereocenters. The van der Waals surface area contributed by atoms with Gasteiger partial charge in [-0.25, -0.2) is 4.39 Å². The molecule has 0 aliphatic carbocycles. The van der Waals surface area contributed by atoms with Crippen molar-refractivity contribution in [1.82, 2.24) is 4.90 Å². The molecule has 26 heavy (non-hydrogen) atoms. The van der Waals surface area contributed by atoms with Crippen LogP contribution >= 0.6 is 15.9 Å². The average Bonchev–Trinajstić information content (AvgIpc) is 3.12. The molecule has 2 nitrogen and oxygen atoms in total. The molecule has 2 aromatic rings. The second-order valence-electron chi connectivity index (χ2n) is 6.88. The minimum atomic E-state index is -0.202. The lowest BCUT2D eigenvalue weighted by molar-refractivity contribution is 0.0746. The van der Waals surface area contributed by atoms with Crippen molar-refractivity contribution in [1.29, 1.82) is 0 Å². The van der Waals surface area contributed by atoms with Gasteiger partial charge in [-0.3, -0.25) is 4.90 Å². The van der Waals surface area contributed by atoms with Crippen molar-refractivity contribution in [3.8, 4) is 0 Å². The van der Waals surface area contributed by atoms with Gasteiger partial charge in [-0.05, 0) is 54.7 Å². The quantitative estimate of drug-likeness (QED) is 0.581. The largest absolute Gasteiger partial charge is 0.377 e. The van der Waals surface area contributed by atoms with Crippen LogP contribution in [-0.2, 0) is 11.3 Å². The van der Waals surface area contributed by atoms with E-state index in [1.807, 2.05) is 6.08 Å². The van der Waals surface area contributed by atoms with E-state index in [1.54, 1.807) is 12.1 Å². The van der Waals surface area contributed by atoms with Crippen molar-refractivity contribution in [2.24, 2.45) is 0 Å². The number of rotatable bonds is 7. The first-order valence-electron chi connectivity index (χ1n) is 9.11. The average molecular weight is 418 g/mol. The predicted octanol–water partition coefficient (Wildman–Crippen LogP) is 5.59. The summed E-state index contributed by atoms with van der Waals surface area (Å²) in [5.41, 5.74) is 3.55. The fourth-order valence-corrected chi connectivity index (χ4v) is 3.83. The van der Waals surface area contributed by atoms with E-state index in [0.29, 0.717) is 6.10 Å². The van der Waals surface area contributed by atoms with Gasteiger partial charge >= 0.3 is 0 Å². The van der Waals surface area contributed by atoms with Crippen LogP contribution in [0.15, 0.2) is 53.0 Å². The lowest BCUT2D eigenvalue weighted by Crippen LogP contribution is -2.32. The first-order valence-corrected chi connectivity index (χ1v) is 9.90. The molecule has 3 rings (SSSR count). The Morgan fingerprint density at radius 3 is 2.73 bits per heavy atom. The van der Waals surface area contributed by atoms with E-state index in [0.717, 1.165) is 49.1 Å². The van der Waals surface area contributed by atoms with Gasteiger partial charge in [0.05, 0.1) is 6.10 Å². The highest BCUT2D eigenvalue weighted by Crippen LogP contribution is 2.21. The van der Waals surface area contributed by atoms with Crippen LogP contribution < -0.4 is 0 Å². The first-order chi connectivity index (χ1) is 12.6. The molecular formula is C22H25BrFNO. The van der Waals surface area contributed by atoms with Crippen LogP contribution in [0.3, 0.4) is 0 Å². The number of aryl methyl sites for hydroxylation is 1. The van der Waals surface area contributed by atoms with Crippen LogP contribution in [0.1, 0.15) is 29.5 Å². The minimum absolute atomic E-state index is 0.202. The number of halogens is 2. The second-order valence-corrected chi connectivity index (χ2v) is 7.73. The van der Waals surface area contributed by atoms with Gasteiger partial charge in [0.2, 0.25) is 0 Å². The van der Waals surface area contributed by atoms with Crippen molar-refractivity contribution in [2.45, 2.75) is 32.4 Å². The number of hydrogen-bond donors (Lipinski definition) is 0. The summed E-state index contributed by atoms with van der Waals surface area (Å²) in [6.07, 6.45) is 6.79. The zero-order chi connectivity index (χ0) is 18.4. The van der Waals surface area contributed by atoms with Crippen molar-refractivity contribution < 1.29 is 9.13 Å². The Hall–Kier alpha value is -1.49. The van der Waals surface area contributed by atoms with Crippen LogP contribution in [0, 0.1) is 12.7 Å². The summed E-state index contributed by atoms with van der Waals surface area (Å²) in [6, 6.07) is 13.1. The van der Waals surface area contributed by atoms with E-state index >= 15 is 0 Å². The maximum absolute atomic E-state index is 13.0. The highest BCUT2D eigenvalue weighted by molar-refractivity contribution is 9.10. The molecule has 0 radical (unpaired) electrons. The van der Waals surface area contributed by atoms with Crippen molar-refractivity contribution >= 4 is 22.0 Å². The summed E-state index contributed by atoms with van der Waals surface area (Å²) in [5, 5.41) is 0. The molecule has 0 bridgehead atoms. The SMILES string of the molecule is Cc1ccc(CN(C/C=C/c2ccc(F)cc2)CC2CCCO2)c(Br)c1. The molecule has 4 heteroatoms. The lowest BCUT2D eigenvalue weighted by atomic mass is 10.1. The van der Waals surface area contributed by atoms with Crippen LogP contribution in [-0.4, -0.2) is 30.7 Å². The Bertz CT molecular complexity index is 738. The molecule has 1 fully saturated rings. The second kappa shape index (κ2) is 9.45. The third-order valence-corrected chi connectivity index (χ3v) is 5.37. The number of benzene rings is 2. The van der Waals surface area contributed by atoms with E-state index < -0.39 is 0 Å². The Kier molecular flexibility index (Phi) is 7.00. The maximum atomic E-state index is 13.0. The highest BCUT2D eigenvalue weighted by Gasteiger charge is 2.19. The smallest absolute Gasteiger partial charge is 0.123 e. The molecule has 0 saturated carbocycles. The monoisotopic (exact) mass is 417 g/mol. The van der Waals surface area contributed by atoms with E-state index in [1.165, 1.54) is 23.3 Å². The highest BCUT2D eigenvalue weighted by atomic mass is 79.9.